The largest absolute Gasteiger partial charge is 0.497 e. The molecule has 0 radical (unpaired) electrons. The lowest BCUT2D eigenvalue weighted by Gasteiger charge is -2.36. The molecule has 0 aromatic heterocycles. The second kappa shape index (κ2) is 6.67. The summed E-state index contributed by atoms with van der Waals surface area (Å²) in [4.78, 5) is 13.9. The molecule has 0 saturated carbocycles. The van der Waals surface area contributed by atoms with Gasteiger partial charge in [-0.15, -0.1) is 0 Å². The number of piperidine rings is 1. The molecule has 1 aromatic rings. The summed E-state index contributed by atoms with van der Waals surface area (Å²) in [6, 6.07) is 5.56. The molecule has 2 unspecified atom stereocenters. The van der Waals surface area contributed by atoms with Gasteiger partial charge in [0.05, 0.1) is 27.2 Å². The highest BCUT2D eigenvalue weighted by Gasteiger charge is 2.31. The molecule has 1 fully saturated rings. The topological polar surface area (TPSA) is 74.0 Å². The van der Waals surface area contributed by atoms with Crippen molar-refractivity contribution in [2.75, 3.05) is 39.3 Å². The molecule has 2 atom stereocenters. The zero-order valence-electron chi connectivity index (χ0n) is 12.7. The van der Waals surface area contributed by atoms with Crippen molar-refractivity contribution in [3.05, 3.63) is 18.2 Å². The number of esters is 1. The van der Waals surface area contributed by atoms with Crippen molar-refractivity contribution >= 4 is 11.7 Å². The van der Waals surface area contributed by atoms with Crippen molar-refractivity contribution < 1.29 is 19.0 Å². The highest BCUT2D eigenvalue weighted by Crippen LogP contribution is 2.31. The van der Waals surface area contributed by atoms with Crippen LogP contribution in [0.3, 0.4) is 0 Å². The van der Waals surface area contributed by atoms with Crippen LogP contribution in [0.15, 0.2) is 18.2 Å². The van der Waals surface area contributed by atoms with Crippen LogP contribution in [0.4, 0.5) is 5.69 Å². The normalized spacial score (nSPS) is 21.8. The number of ether oxygens (including phenoxy) is 3. The first-order chi connectivity index (χ1) is 10.1. The van der Waals surface area contributed by atoms with Crippen LogP contribution >= 0.6 is 0 Å². The molecule has 1 aliphatic rings. The monoisotopic (exact) mass is 294 g/mol. The van der Waals surface area contributed by atoms with Gasteiger partial charge in [0, 0.05) is 43.0 Å². The number of anilines is 1. The van der Waals surface area contributed by atoms with E-state index < -0.39 is 0 Å². The third kappa shape index (κ3) is 3.58. The van der Waals surface area contributed by atoms with Gasteiger partial charge in [-0.3, -0.25) is 4.79 Å². The minimum absolute atomic E-state index is 0.0694. The van der Waals surface area contributed by atoms with Gasteiger partial charge in [0.15, 0.2) is 0 Å². The molecule has 1 aliphatic heterocycles. The second-order valence-corrected chi connectivity index (χ2v) is 5.19. The molecule has 0 bridgehead atoms. The van der Waals surface area contributed by atoms with E-state index in [0.717, 1.165) is 5.69 Å². The molecule has 1 heterocycles. The molecular weight excluding hydrogens is 272 g/mol. The standard InChI is InChI=1S/C15H22N2O4/c1-19-13-5-12(6-14(7-13)20-2)17-8-10(15(18)21-3)4-11(16)9-17/h5-7,10-11H,4,8-9,16H2,1-3H3. The van der Waals surface area contributed by atoms with E-state index in [1.807, 2.05) is 18.2 Å². The lowest BCUT2D eigenvalue weighted by atomic mass is 9.94. The van der Waals surface area contributed by atoms with Gasteiger partial charge in [-0.2, -0.15) is 0 Å². The summed E-state index contributed by atoms with van der Waals surface area (Å²) in [6.07, 6.45) is 0.643. The summed E-state index contributed by atoms with van der Waals surface area (Å²) >= 11 is 0. The van der Waals surface area contributed by atoms with Crippen LogP contribution in [0.25, 0.3) is 0 Å². The van der Waals surface area contributed by atoms with Crippen LogP contribution in [-0.4, -0.2) is 46.4 Å². The Morgan fingerprint density at radius 2 is 1.76 bits per heavy atom. The van der Waals surface area contributed by atoms with Gasteiger partial charge in [0.1, 0.15) is 11.5 Å². The van der Waals surface area contributed by atoms with E-state index in [9.17, 15) is 4.79 Å². The van der Waals surface area contributed by atoms with E-state index in [4.69, 9.17) is 19.9 Å². The number of carbonyl (C=O) groups excluding carboxylic acids is 1. The highest BCUT2D eigenvalue weighted by molar-refractivity contribution is 5.74. The van der Waals surface area contributed by atoms with Crippen LogP contribution in [0.2, 0.25) is 0 Å². The van der Waals surface area contributed by atoms with Crippen molar-refractivity contribution in [3.8, 4) is 11.5 Å². The van der Waals surface area contributed by atoms with Crippen molar-refractivity contribution in [1.82, 2.24) is 0 Å². The van der Waals surface area contributed by atoms with Crippen molar-refractivity contribution in [3.63, 3.8) is 0 Å². The predicted molar refractivity (Wildman–Crippen MR) is 79.9 cm³/mol. The first-order valence-corrected chi connectivity index (χ1v) is 6.88. The van der Waals surface area contributed by atoms with Crippen molar-refractivity contribution in [1.29, 1.82) is 0 Å². The van der Waals surface area contributed by atoms with E-state index in [2.05, 4.69) is 4.90 Å². The molecule has 21 heavy (non-hydrogen) atoms. The van der Waals surface area contributed by atoms with Gasteiger partial charge < -0.3 is 24.8 Å². The first kappa shape index (κ1) is 15.4. The van der Waals surface area contributed by atoms with E-state index in [-0.39, 0.29) is 17.9 Å². The summed E-state index contributed by atoms with van der Waals surface area (Å²) in [5.41, 5.74) is 7.00. The summed E-state index contributed by atoms with van der Waals surface area (Å²) in [6.45, 7) is 1.26. The quantitative estimate of drug-likeness (QED) is 0.836. The smallest absolute Gasteiger partial charge is 0.310 e. The van der Waals surface area contributed by atoms with Crippen molar-refractivity contribution in [2.45, 2.75) is 12.5 Å². The van der Waals surface area contributed by atoms with Gasteiger partial charge in [0.25, 0.3) is 0 Å². The van der Waals surface area contributed by atoms with Crippen LogP contribution in [0.1, 0.15) is 6.42 Å². The van der Waals surface area contributed by atoms with Crippen LogP contribution in [0, 0.1) is 5.92 Å². The molecule has 2 rings (SSSR count). The first-order valence-electron chi connectivity index (χ1n) is 6.88. The maximum absolute atomic E-state index is 11.8. The number of carbonyl (C=O) groups is 1. The molecule has 6 nitrogen and oxygen atoms in total. The van der Waals surface area contributed by atoms with Gasteiger partial charge >= 0.3 is 5.97 Å². The van der Waals surface area contributed by atoms with Crippen molar-refractivity contribution in [2.24, 2.45) is 11.7 Å². The van der Waals surface area contributed by atoms with Crippen LogP contribution in [0.5, 0.6) is 11.5 Å². The number of methoxy groups -OCH3 is 3. The van der Waals surface area contributed by atoms with E-state index in [0.29, 0.717) is 31.0 Å². The molecule has 0 spiro atoms. The fourth-order valence-corrected chi connectivity index (χ4v) is 2.66. The van der Waals surface area contributed by atoms with Gasteiger partial charge in [0.2, 0.25) is 0 Å². The number of hydrogen-bond donors (Lipinski definition) is 1. The van der Waals surface area contributed by atoms with E-state index in [1.165, 1.54) is 7.11 Å². The molecule has 0 aliphatic carbocycles. The summed E-state index contributed by atoms with van der Waals surface area (Å²) in [7, 11) is 4.62. The Hall–Kier alpha value is -1.95. The summed E-state index contributed by atoms with van der Waals surface area (Å²) in [5, 5.41) is 0. The third-order valence-electron chi connectivity index (χ3n) is 3.72. The molecule has 1 aromatic carbocycles. The Morgan fingerprint density at radius 1 is 1.14 bits per heavy atom. The van der Waals surface area contributed by atoms with E-state index >= 15 is 0 Å². The number of rotatable bonds is 4. The minimum Gasteiger partial charge on any atom is -0.497 e. The Morgan fingerprint density at radius 3 is 2.29 bits per heavy atom. The lowest BCUT2D eigenvalue weighted by molar-refractivity contribution is -0.145. The van der Waals surface area contributed by atoms with Crippen LogP contribution < -0.4 is 20.1 Å². The third-order valence-corrected chi connectivity index (χ3v) is 3.72. The summed E-state index contributed by atoms with van der Waals surface area (Å²) < 4.78 is 15.4. The minimum atomic E-state index is -0.218. The zero-order valence-corrected chi connectivity index (χ0v) is 12.7. The fourth-order valence-electron chi connectivity index (χ4n) is 2.66. The summed E-state index contributed by atoms with van der Waals surface area (Å²) in [5.74, 6) is 0.984. The Labute approximate surface area is 124 Å². The Bertz CT molecular complexity index is 484. The van der Waals surface area contributed by atoms with E-state index in [1.54, 1.807) is 14.2 Å². The van der Waals surface area contributed by atoms with Gasteiger partial charge in [-0.1, -0.05) is 0 Å². The molecular formula is C15H22N2O4. The average Bonchev–Trinajstić information content (AvgIpc) is 2.52. The zero-order chi connectivity index (χ0) is 15.4. The fraction of sp³-hybridized carbons (Fsp3) is 0.533. The maximum Gasteiger partial charge on any atom is 0.310 e. The van der Waals surface area contributed by atoms with Crippen LogP contribution in [-0.2, 0) is 9.53 Å². The second-order valence-electron chi connectivity index (χ2n) is 5.19. The molecule has 116 valence electrons. The SMILES string of the molecule is COC(=O)C1CC(N)CN(c2cc(OC)cc(OC)c2)C1. The lowest BCUT2D eigenvalue weighted by Crippen LogP contribution is -2.49. The molecule has 6 heteroatoms. The molecule has 2 N–H and O–H groups in total. The average molecular weight is 294 g/mol. The molecule has 1 saturated heterocycles. The maximum atomic E-state index is 11.8. The Balaban J connectivity index is 2.25. The van der Waals surface area contributed by atoms with Gasteiger partial charge in [-0.05, 0) is 6.42 Å². The number of hydrogen-bond acceptors (Lipinski definition) is 6. The number of nitrogens with two attached hydrogens (primary N) is 1. The number of benzene rings is 1. The predicted octanol–water partition coefficient (Wildman–Crippen LogP) is 1.03. The Kier molecular flexibility index (Phi) is 4.90. The molecule has 0 amide bonds. The van der Waals surface area contributed by atoms with Gasteiger partial charge in [-0.25, -0.2) is 0 Å². The highest BCUT2D eigenvalue weighted by atomic mass is 16.5. The number of nitrogens with zero attached hydrogens (tertiary/aromatic N) is 1.